The minimum absolute atomic E-state index is 0.484. The zero-order valence-corrected chi connectivity index (χ0v) is 10.4. The van der Waals surface area contributed by atoms with Crippen LogP contribution in [-0.4, -0.2) is 4.98 Å². The van der Waals surface area contributed by atoms with Crippen LogP contribution in [0.1, 0.15) is 0 Å². The van der Waals surface area contributed by atoms with E-state index in [4.69, 9.17) is 11.6 Å². The van der Waals surface area contributed by atoms with Crippen LogP contribution in [-0.2, 0) is 0 Å². The van der Waals surface area contributed by atoms with E-state index in [0.29, 0.717) is 5.15 Å². The molecule has 1 heterocycles. The Kier molecular flexibility index (Phi) is 2.87. The Bertz CT molecular complexity index is 680. The average Bonchev–Trinajstić information content (AvgIpc) is 2.41. The number of fused-ring (bicyclic) bond motifs is 1. The van der Waals surface area contributed by atoms with Crippen LogP contribution in [0.25, 0.3) is 10.9 Å². The van der Waals surface area contributed by atoms with Gasteiger partial charge in [0, 0.05) is 11.1 Å². The molecule has 0 spiro atoms. The molecule has 0 saturated carbocycles. The van der Waals surface area contributed by atoms with Gasteiger partial charge < -0.3 is 5.32 Å². The lowest BCUT2D eigenvalue weighted by Gasteiger charge is -2.09. The molecule has 0 atom stereocenters. The Hall–Kier alpha value is -2.06. The normalized spacial score (nSPS) is 10.5. The van der Waals surface area contributed by atoms with Gasteiger partial charge in [-0.1, -0.05) is 48.0 Å². The summed E-state index contributed by atoms with van der Waals surface area (Å²) in [6.45, 7) is 0. The van der Waals surface area contributed by atoms with Gasteiger partial charge in [-0.05, 0) is 24.3 Å². The van der Waals surface area contributed by atoms with Crippen molar-refractivity contribution in [3.05, 3.63) is 65.8 Å². The Morgan fingerprint density at radius 2 is 1.61 bits per heavy atom. The second-order valence-corrected chi connectivity index (χ2v) is 4.37. The molecular weight excluding hydrogens is 244 g/mol. The topological polar surface area (TPSA) is 24.9 Å². The minimum Gasteiger partial charge on any atom is -0.353 e. The van der Waals surface area contributed by atoms with Gasteiger partial charge in [0.05, 0.1) is 11.2 Å². The van der Waals surface area contributed by atoms with Crippen LogP contribution < -0.4 is 5.32 Å². The SMILES string of the molecule is Clc1nc2ccccc2cc1Nc1ccccc1. The fourth-order valence-electron chi connectivity index (χ4n) is 1.86. The zero-order chi connectivity index (χ0) is 12.4. The van der Waals surface area contributed by atoms with Crippen molar-refractivity contribution in [3.8, 4) is 0 Å². The summed E-state index contributed by atoms with van der Waals surface area (Å²) in [4.78, 5) is 4.37. The van der Waals surface area contributed by atoms with Crippen molar-refractivity contribution in [2.24, 2.45) is 0 Å². The van der Waals surface area contributed by atoms with Gasteiger partial charge >= 0.3 is 0 Å². The fourth-order valence-corrected chi connectivity index (χ4v) is 2.05. The first kappa shape index (κ1) is 11.1. The quantitative estimate of drug-likeness (QED) is 0.675. The fraction of sp³-hybridized carbons (Fsp3) is 0. The molecule has 3 heteroatoms. The molecule has 0 saturated heterocycles. The van der Waals surface area contributed by atoms with Crippen molar-refractivity contribution in [1.29, 1.82) is 0 Å². The van der Waals surface area contributed by atoms with Gasteiger partial charge in [0.15, 0.2) is 5.15 Å². The first-order valence-electron chi connectivity index (χ1n) is 5.70. The summed E-state index contributed by atoms with van der Waals surface area (Å²) in [6, 6.07) is 19.8. The molecule has 88 valence electrons. The van der Waals surface area contributed by atoms with Gasteiger partial charge in [0.1, 0.15) is 0 Å². The molecule has 0 aliphatic heterocycles. The van der Waals surface area contributed by atoms with Crippen LogP contribution in [0.15, 0.2) is 60.7 Å². The second kappa shape index (κ2) is 4.67. The molecule has 18 heavy (non-hydrogen) atoms. The number of anilines is 2. The van der Waals surface area contributed by atoms with Gasteiger partial charge in [0.2, 0.25) is 0 Å². The smallest absolute Gasteiger partial charge is 0.153 e. The van der Waals surface area contributed by atoms with E-state index in [1.54, 1.807) is 0 Å². The number of nitrogens with zero attached hydrogens (tertiary/aromatic N) is 1. The Morgan fingerprint density at radius 3 is 2.44 bits per heavy atom. The molecule has 0 aliphatic carbocycles. The van der Waals surface area contributed by atoms with Crippen LogP contribution in [0, 0.1) is 0 Å². The van der Waals surface area contributed by atoms with Crippen molar-refractivity contribution in [2.45, 2.75) is 0 Å². The van der Waals surface area contributed by atoms with Crippen LogP contribution in [0.2, 0.25) is 5.15 Å². The maximum Gasteiger partial charge on any atom is 0.153 e. The molecule has 2 nitrogen and oxygen atoms in total. The van der Waals surface area contributed by atoms with Crippen molar-refractivity contribution >= 4 is 33.9 Å². The summed E-state index contributed by atoms with van der Waals surface area (Å²) < 4.78 is 0. The van der Waals surface area contributed by atoms with Crippen molar-refractivity contribution in [3.63, 3.8) is 0 Å². The largest absolute Gasteiger partial charge is 0.353 e. The summed E-state index contributed by atoms with van der Waals surface area (Å²) >= 11 is 6.18. The third-order valence-electron chi connectivity index (χ3n) is 2.73. The van der Waals surface area contributed by atoms with Crippen molar-refractivity contribution in [1.82, 2.24) is 4.98 Å². The Morgan fingerprint density at radius 1 is 0.889 bits per heavy atom. The number of rotatable bonds is 2. The van der Waals surface area contributed by atoms with Gasteiger partial charge in [0.25, 0.3) is 0 Å². The highest BCUT2D eigenvalue weighted by molar-refractivity contribution is 6.32. The highest BCUT2D eigenvalue weighted by atomic mass is 35.5. The maximum atomic E-state index is 6.18. The monoisotopic (exact) mass is 254 g/mol. The van der Waals surface area contributed by atoms with Crippen molar-refractivity contribution < 1.29 is 0 Å². The van der Waals surface area contributed by atoms with Crippen molar-refractivity contribution in [2.75, 3.05) is 5.32 Å². The van der Waals surface area contributed by atoms with Crippen LogP contribution in [0.5, 0.6) is 0 Å². The van der Waals surface area contributed by atoms with E-state index in [1.165, 1.54) is 0 Å². The third-order valence-corrected chi connectivity index (χ3v) is 3.02. The molecule has 0 bridgehead atoms. The van der Waals surface area contributed by atoms with E-state index in [1.807, 2.05) is 60.7 Å². The number of nitrogens with one attached hydrogen (secondary N) is 1. The van der Waals surface area contributed by atoms with E-state index in [9.17, 15) is 0 Å². The van der Waals surface area contributed by atoms with Crippen LogP contribution >= 0.6 is 11.6 Å². The van der Waals surface area contributed by atoms with Crippen LogP contribution in [0.3, 0.4) is 0 Å². The predicted molar refractivity (Wildman–Crippen MR) is 76.5 cm³/mol. The zero-order valence-electron chi connectivity index (χ0n) is 9.60. The molecule has 2 aromatic carbocycles. The summed E-state index contributed by atoms with van der Waals surface area (Å²) in [5, 5.41) is 4.82. The van der Waals surface area contributed by atoms with E-state index >= 15 is 0 Å². The molecule has 0 radical (unpaired) electrons. The summed E-state index contributed by atoms with van der Waals surface area (Å²) in [7, 11) is 0. The van der Waals surface area contributed by atoms with Gasteiger partial charge in [-0.15, -0.1) is 0 Å². The van der Waals surface area contributed by atoms with E-state index < -0.39 is 0 Å². The first-order valence-corrected chi connectivity index (χ1v) is 6.08. The number of para-hydroxylation sites is 2. The van der Waals surface area contributed by atoms with E-state index in [-0.39, 0.29) is 0 Å². The predicted octanol–water partition coefficient (Wildman–Crippen LogP) is 4.63. The van der Waals surface area contributed by atoms with Crippen LogP contribution in [0.4, 0.5) is 11.4 Å². The molecule has 0 fully saturated rings. The number of benzene rings is 2. The number of pyridine rings is 1. The second-order valence-electron chi connectivity index (χ2n) is 4.01. The Labute approximate surface area is 110 Å². The molecule has 1 N–H and O–H groups in total. The minimum atomic E-state index is 0.484. The standard InChI is InChI=1S/C15H11ClN2/c16-15-14(17-12-7-2-1-3-8-12)10-11-6-4-5-9-13(11)18-15/h1-10,17H. The number of halogens is 1. The average molecular weight is 255 g/mol. The number of hydrogen-bond acceptors (Lipinski definition) is 2. The molecule has 0 amide bonds. The molecular formula is C15H11ClN2. The Balaban J connectivity index is 2.04. The maximum absolute atomic E-state index is 6.18. The lowest BCUT2D eigenvalue weighted by atomic mass is 10.2. The molecule has 3 aromatic rings. The molecule has 3 rings (SSSR count). The third kappa shape index (κ3) is 2.15. The highest BCUT2D eigenvalue weighted by Gasteiger charge is 2.04. The molecule has 0 unspecified atom stereocenters. The van der Waals surface area contributed by atoms with E-state index in [2.05, 4.69) is 10.3 Å². The summed E-state index contributed by atoms with van der Waals surface area (Å²) in [5.41, 5.74) is 2.72. The van der Waals surface area contributed by atoms with Gasteiger partial charge in [-0.2, -0.15) is 0 Å². The van der Waals surface area contributed by atoms with Gasteiger partial charge in [-0.25, -0.2) is 4.98 Å². The molecule has 1 aromatic heterocycles. The molecule has 0 aliphatic rings. The first-order chi connectivity index (χ1) is 8.83. The van der Waals surface area contributed by atoms with E-state index in [0.717, 1.165) is 22.3 Å². The summed E-state index contributed by atoms with van der Waals surface area (Å²) in [5.74, 6) is 0. The lowest BCUT2D eigenvalue weighted by Crippen LogP contribution is -1.93. The number of aromatic nitrogens is 1. The number of hydrogen-bond donors (Lipinski definition) is 1. The summed E-state index contributed by atoms with van der Waals surface area (Å²) in [6.07, 6.45) is 0. The lowest BCUT2D eigenvalue weighted by molar-refractivity contribution is 1.39. The van der Waals surface area contributed by atoms with Gasteiger partial charge in [-0.3, -0.25) is 0 Å². The highest BCUT2D eigenvalue weighted by Crippen LogP contribution is 2.27.